The second-order valence-electron chi connectivity index (χ2n) is 7.44. The van der Waals surface area contributed by atoms with Gasteiger partial charge >= 0.3 is 0 Å². The molecule has 1 fully saturated rings. The third kappa shape index (κ3) is 3.12. The maximum Gasteiger partial charge on any atom is 0.282 e. The molecule has 4 rings (SSSR count). The van der Waals surface area contributed by atoms with Crippen molar-refractivity contribution in [1.82, 2.24) is 4.90 Å². The van der Waals surface area contributed by atoms with Crippen molar-refractivity contribution in [3.8, 4) is 0 Å². The fraction of sp³-hybridized carbons (Fsp3) is 0.304. The topological polar surface area (TPSA) is 40.6 Å². The molecule has 5 heteroatoms. The number of hydrogen-bond acceptors (Lipinski definition) is 3. The van der Waals surface area contributed by atoms with Crippen molar-refractivity contribution in [1.29, 1.82) is 0 Å². The number of aryl methyl sites for hydroxylation is 1. The van der Waals surface area contributed by atoms with Gasteiger partial charge in [0.05, 0.1) is 11.3 Å². The maximum atomic E-state index is 13.5. The monoisotopic (exact) mass is 394 g/mol. The number of likely N-dealkylation sites (tertiary alicyclic amines) is 1. The number of carbonyl (C=O) groups is 2. The summed E-state index contributed by atoms with van der Waals surface area (Å²) in [5, 5.41) is 0.604. The van der Waals surface area contributed by atoms with Gasteiger partial charge in [0.2, 0.25) is 0 Å². The van der Waals surface area contributed by atoms with Gasteiger partial charge in [-0.2, -0.15) is 0 Å². The molecule has 2 amide bonds. The molecule has 0 aromatic heterocycles. The van der Waals surface area contributed by atoms with E-state index in [0.717, 1.165) is 49.0 Å². The Balaban J connectivity index is 1.85. The van der Waals surface area contributed by atoms with Gasteiger partial charge in [0.1, 0.15) is 5.70 Å². The maximum absolute atomic E-state index is 13.5. The smallest absolute Gasteiger partial charge is 0.282 e. The first kappa shape index (κ1) is 18.8. The summed E-state index contributed by atoms with van der Waals surface area (Å²) in [5.74, 6) is -0.493. The highest BCUT2D eigenvalue weighted by atomic mass is 35.5. The van der Waals surface area contributed by atoms with Gasteiger partial charge in [-0.1, -0.05) is 35.9 Å². The van der Waals surface area contributed by atoms with Crippen molar-refractivity contribution < 1.29 is 9.59 Å². The van der Waals surface area contributed by atoms with E-state index in [2.05, 4.69) is 4.90 Å². The molecule has 0 radical (unpaired) electrons. The fourth-order valence-electron chi connectivity index (χ4n) is 4.00. The predicted octanol–water partition coefficient (Wildman–Crippen LogP) is 4.73. The second kappa shape index (κ2) is 7.44. The molecule has 2 aromatic rings. The van der Waals surface area contributed by atoms with E-state index in [-0.39, 0.29) is 11.8 Å². The average molecular weight is 395 g/mol. The minimum absolute atomic E-state index is 0.231. The molecule has 2 heterocycles. The van der Waals surface area contributed by atoms with Crippen LogP contribution in [-0.2, 0) is 9.59 Å². The van der Waals surface area contributed by atoms with Crippen LogP contribution in [0.1, 0.15) is 36.0 Å². The van der Waals surface area contributed by atoms with Crippen LogP contribution in [0.4, 0.5) is 5.69 Å². The normalized spacial score (nSPS) is 17.7. The third-order valence-electron chi connectivity index (χ3n) is 5.68. The van der Waals surface area contributed by atoms with Crippen LogP contribution in [0.25, 0.3) is 5.57 Å². The zero-order valence-corrected chi connectivity index (χ0v) is 16.9. The Labute approximate surface area is 170 Å². The van der Waals surface area contributed by atoms with Gasteiger partial charge in [-0.15, -0.1) is 0 Å². The van der Waals surface area contributed by atoms with Crippen LogP contribution in [0.3, 0.4) is 0 Å². The number of anilines is 1. The van der Waals surface area contributed by atoms with E-state index in [1.807, 2.05) is 44.2 Å². The predicted molar refractivity (Wildman–Crippen MR) is 112 cm³/mol. The largest absolute Gasteiger partial charge is 0.366 e. The lowest BCUT2D eigenvalue weighted by Crippen LogP contribution is -2.37. The number of amides is 2. The molecule has 2 aliphatic rings. The van der Waals surface area contributed by atoms with E-state index in [0.29, 0.717) is 22.0 Å². The minimum Gasteiger partial charge on any atom is -0.366 e. The van der Waals surface area contributed by atoms with Crippen molar-refractivity contribution in [2.24, 2.45) is 0 Å². The number of rotatable bonds is 3. The lowest BCUT2D eigenvalue weighted by molar-refractivity contribution is -0.120. The molecule has 0 saturated carbocycles. The standard InChI is InChI=1S/C23H23ClN2O2/c1-15-7-6-8-19(16(15)2)26-22(27)20(17-9-11-18(24)12-10-17)21(23(26)28)25-13-4-3-5-14-25/h6-12H,3-5,13-14H2,1-2H3. The summed E-state index contributed by atoms with van der Waals surface area (Å²) in [6.07, 6.45) is 3.22. The molecular weight excluding hydrogens is 372 g/mol. The van der Waals surface area contributed by atoms with Gasteiger partial charge < -0.3 is 4.90 Å². The molecular formula is C23H23ClN2O2. The summed E-state index contributed by atoms with van der Waals surface area (Å²) in [5.41, 5.74) is 4.39. The van der Waals surface area contributed by atoms with E-state index in [4.69, 9.17) is 11.6 Å². The third-order valence-corrected chi connectivity index (χ3v) is 5.93. The Bertz CT molecular complexity index is 973. The minimum atomic E-state index is -0.262. The Kier molecular flexibility index (Phi) is 4.98. The number of nitrogens with zero attached hydrogens (tertiary/aromatic N) is 2. The Morgan fingerprint density at radius 3 is 2.21 bits per heavy atom. The highest BCUT2D eigenvalue weighted by Gasteiger charge is 2.43. The molecule has 1 saturated heterocycles. The van der Waals surface area contributed by atoms with Crippen molar-refractivity contribution in [3.05, 3.63) is 69.9 Å². The number of carbonyl (C=O) groups excluding carboxylic acids is 2. The van der Waals surface area contributed by atoms with Crippen LogP contribution in [0.5, 0.6) is 0 Å². The summed E-state index contributed by atoms with van der Waals surface area (Å²) in [4.78, 5) is 30.4. The van der Waals surface area contributed by atoms with Gasteiger partial charge in [-0.05, 0) is 68.0 Å². The number of benzene rings is 2. The Morgan fingerprint density at radius 2 is 1.54 bits per heavy atom. The Morgan fingerprint density at radius 1 is 0.857 bits per heavy atom. The summed E-state index contributed by atoms with van der Waals surface area (Å²) < 4.78 is 0. The molecule has 0 spiro atoms. The SMILES string of the molecule is Cc1cccc(N2C(=O)C(c3ccc(Cl)cc3)=C(N3CCCCC3)C2=O)c1C. The van der Waals surface area contributed by atoms with E-state index in [1.54, 1.807) is 12.1 Å². The molecule has 0 bridgehead atoms. The lowest BCUT2D eigenvalue weighted by Gasteiger charge is -2.29. The van der Waals surface area contributed by atoms with E-state index >= 15 is 0 Å². The van der Waals surface area contributed by atoms with Crippen LogP contribution >= 0.6 is 11.6 Å². The van der Waals surface area contributed by atoms with Crippen LogP contribution in [0.2, 0.25) is 5.02 Å². The highest BCUT2D eigenvalue weighted by Crippen LogP contribution is 2.37. The van der Waals surface area contributed by atoms with Gasteiger partial charge in [-0.25, -0.2) is 4.90 Å². The van der Waals surface area contributed by atoms with Gasteiger partial charge in [0, 0.05) is 18.1 Å². The number of imide groups is 1. The molecule has 0 atom stereocenters. The van der Waals surface area contributed by atoms with Crippen molar-refractivity contribution in [3.63, 3.8) is 0 Å². The molecule has 2 aliphatic heterocycles. The number of hydrogen-bond donors (Lipinski definition) is 0. The van der Waals surface area contributed by atoms with E-state index in [1.165, 1.54) is 4.90 Å². The Hall–Kier alpha value is -2.59. The fourth-order valence-corrected chi connectivity index (χ4v) is 4.13. The van der Waals surface area contributed by atoms with Crippen molar-refractivity contribution >= 4 is 34.7 Å². The first-order valence-corrected chi connectivity index (χ1v) is 10.1. The van der Waals surface area contributed by atoms with Gasteiger partial charge in [-0.3, -0.25) is 9.59 Å². The molecule has 0 aliphatic carbocycles. The summed E-state index contributed by atoms with van der Waals surface area (Å²) in [6, 6.07) is 12.9. The molecule has 0 unspecified atom stereocenters. The molecule has 144 valence electrons. The second-order valence-corrected chi connectivity index (χ2v) is 7.88. The van der Waals surface area contributed by atoms with Crippen LogP contribution < -0.4 is 4.90 Å². The summed E-state index contributed by atoms with van der Waals surface area (Å²) in [6.45, 7) is 5.53. The molecule has 4 nitrogen and oxygen atoms in total. The first-order valence-electron chi connectivity index (χ1n) is 9.69. The number of halogens is 1. The lowest BCUT2D eigenvalue weighted by atomic mass is 10.0. The summed E-state index contributed by atoms with van der Waals surface area (Å²) >= 11 is 6.04. The van der Waals surface area contributed by atoms with E-state index in [9.17, 15) is 9.59 Å². The average Bonchev–Trinajstić information content (AvgIpc) is 2.96. The molecule has 0 N–H and O–H groups in total. The zero-order valence-electron chi connectivity index (χ0n) is 16.2. The first-order chi connectivity index (χ1) is 13.5. The van der Waals surface area contributed by atoms with Crippen molar-refractivity contribution in [2.75, 3.05) is 18.0 Å². The van der Waals surface area contributed by atoms with Crippen LogP contribution in [-0.4, -0.2) is 29.8 Å². The van der Waals surface area contributed by atoms with E-state index < -0.39 is 0 Å². The quantitative estimate of drug-likeness (QED) is 0.707. The van der Waals surface area contributed by atoms with Crippen LogP contribution in [0.15, 0.2) is 48.2 Å². The zero-order chi connectivity index (χ0) is 19.8. The van der Waals surface area contributed by atoms with Crippen LogP contribution in [0, 0.1) is 13.8 Å². The van der Waals surface area contributed by atoms with Crippen molar-refractivity contribution in [2.45, 2.75) is 33.1 Å². The number of piperidine rings is 1. The molecule has 28 heavy (non-hydrogen) atoms. The van der Waals surface area contributed by atoms with Gasteiger partial charge in [0.25, 0.3) is 11.8 Å². The molecule has 2 aromatic carbocycles. The highest BCUT2D eigenvalue weighted by molar-refractivity contribution is 6.45. The van der Waals surface area contributed by atoms with Gasteiger partial charge in [0.15, 0.2) is 0 Å². The summed E-state index contributed by atoms with van der Waals surface area (Å²) in [7, 11) is 0.